The zero-order valence-electron chi connectivity index (χ0n) is 10.3. The van der Waals surface area contributed by atoms with Crippen LogP contribution in [0.5, 0.6) is 0 Å². The molecule has 0 N–H and O–H groups in total. The Bertz CT molecular complexity index is 372. The molecule has 0 unspecified atom stereocenters. The van der Waals surface area contributed by atoms with Crippen LogP contribution in [0.15, 0.2) is 30.3 Å². The van der Waals surface area contributed by atoms with Crippen molar-refractivity contribution in [2.45, 2.75) is 39.1 Å². The zero-order chi connectivity index (χ0) is 12.3. The van der Waals surface area contributed by atoms with Gasteiger partial charge in [0.25, 0.3) is 0 Å². The Kier molecular flexibility index (Phi) is 3.79. The molecule has 2 atom stereocenters. The van der Waals surface area contributed by atoms with E-state index in [4.69, 9.17) is 9.47 Å². The van der Waals surface area contributed by atoms with Crippen molar-refractivity contribution < 1.29 is 14.3 Å². The Morgan fingerprint density at radius 2 is 2.06 bits per heavy atom. The summed E-state index contributed by atoms with van der Waals surface area (Å²) in [5.74, 6) is 0.312. The molecule has 2 rings (SSSR count). The lowest BCUT2D eigenvalue weighted by Crippen LogP contribution is -2.14. The van der Waals surface area contributed by atoms with E-state index in [9.17, 15) is 4.79 Å². The van der Waals surface area contributed by atoms with Gasteiger partial charge in [0.1, 0.15) is 6.61 Å². The van der Waals surface area contributed by atoms with Crippen molar-refractivity contribution in [3.05, 3.63) is 35.9 Å². The van der Waals surface area contributed by atoms with E-state index in [1.165, 1.54) is 0 Å². The smallest absolute Gasteiger partial charge is 0.338 e. The zero-order valence-corrected chi connectivity index (χ0v) is 10.3. The number of hydrogen-bond donors (Lipinski definition) is 0. The van der Waals surface area contributed by atoms with Gasteiger partial charge in [0, 0.05) is 0 Å². The fraction of sp³-hybridized carbons (Fsp3) is 0.500. The van der Waals surface area contributed by atoms with Gasteiger partial charge < -0.3 is 9.47 Å². The fourth-order valence-corrected chi connectivity index (χ4v) is 1.80. The predicted molar refractivity (Wildman–Crippen MR) is 64.4 cm³/mol. The number of rotatable bonds is 5. The Labute approximate surface area is 102 Å². The molecule has 0 saturated carbocycles. The third-order valence-electron chi connectivity index (χ3n) is 2.74. The van der Waals surface area contributed by atoms with E-state index < -0.39 is 0 Å². The van der Waals surface area contributed by atoms with Crippen molar-refractivity contribution in [1.82, 2.24) is 0 Å². The van der Waals surface area contributed by atoms with E-state index >= 15 is 0 Å². The summed E-state index contributed by atoms with van der Waals surface area (Å²) >= 11 is 0. The molecule has 17 heavy (non-hydrogen) atoms. The molecule has 0 aliphatic carbocycles. The van der Waals surface area contributed by atoms with Gasteiger partial charge in [-0.15, -0.1) is 0 Å². The van der Waals surface area contributed by atoms with Crippen LogP contribution in [0.1, 0.15) is 25.8 Å². The second kappa shape index (κ2) is 5.32. The van der Waals surface area contributed by atoms with Gasteiger partial charge >= 0.3 is 5.97 Å². The van der Waals surface area contributed by atoms with Gasteiger partial charge in [-0.2, -0.15) is 0 Å². The van der Waals surface area contributed by atoms with Crippen molar-refractivity contribution in [2.75, 3.05) is 0 Å². The first-order valence-electron chi connectivity index (χ1n) is 6.03. The van der Waals surface area contributed by atoms with Crippen LogP contribution < -0.4 is 0 Å². The highest BCUT2D eigenvalue weighted by Crippen LogP contribution is 2.29. The Balaban J connectivity index is 1.73. The third kappa shape index (κ3) is 3.56. The number of carbonyl (C=O) groups excluding carboxylic acids is 1. The van der Waals surface area contributed by atoms with E-state index in [1.54, 1.807) is 0 Å². The molecule has 0 radical (unpaired) electrons. The van der Waals surface area contributed by atoms with Crippen LogP contribution in [-0.2, 0) is 20.9 Å². The SMILES string of the molecule is CC(C)C[C@H]1O[C@H]1C(=O)OCc1ccccc1. The first kappa shape index (κ1) is 12.1. The number of epoxide rings is 1. The summed E-state index contributed by atoms with van der Waals surface area (Å²) in [6.45, 7) is 4.57. The molecular formula is C14H18O3. The first-order chi connectivity index (χ1) is 8.16. The molecule has 0 spiro atoms. The Morgan fingerprint density at radius 1 is 1.35 bits per heavy atom. The van der Waals surface area contributed by atoms with Crippen LogP contribution >= 0.6 is 0 Å². The van der Waals surface area contributed by atoms with Crippen molar-refractivity contribution >= 4 is 5.97 Å². The molecular weight excluding hydrogens is 216 g/mol. The Hall–Kier alpha value is -1.35. The summed E-state index contributed by atoms with van der Waals surface area (Å²) in [4.78, 5) is 11.6. The number of ether oxygens (including phenoxy) is 2. The molecule has 0 amide bonds. The number of hydrogen-bond acceptors (Lipinski definition) is 3. The summed E-state index contributed by atoms with van der Waals surface area (Å²) in [7, 11) is 0. The Morgan fingerprint density at radius 3 is 2.71 bits per heavy atom. The topological polar surface area (TPSA) is 38.8 Å². The van der Waals surface area contributed by atoms with Crippen LogP contribution in [0.4, 0.5) is 0 Å². The number of benzene rings is 1. The summed E-state index contributed by atoms with van der Waals surface area (Å²) in [6, 6.07) is 9.67. The summed E-state index contributed by atoms with van der Waals surface area (Å²) in [6.07, 6.45) is 0.657. The minimum absolute atomic E-state index is 0.0678. The quantitative estimate of drug-likeness (QED) is 0.580. The van der Waals surface area contributed by atoms with E-state index in [1.807, 2.05) is 30.3 Å². The molecule has 1 fully saturated rings. The molecule has 1 aromatic carbocycles. The predicted octanol–water partition coefficient (Wildman–Crippen LogP) is 2.54. The van der Waals surface area contributed by atoms with Gasteiger partial charge in [0.15, 0.2) is 6.10 Å². The van der Waals surface area contributed by atoms with E-state index in [2.05, 4.69) is 13.8 Å². The number of esters is 1. The van der Waals surface area contributed by atoms with Crippen LogP contribution in [0.25, 0.3) is 0 Å². The van der Waals surface area contributed by atoms with Gasteiger partial charge in [0.05, 0.1) is 6.10 Å². The van der Waals surface area contributed by atoms with Crippen LogP contribution in [0.2, 0.25) is 0 Å². The maximum Gasteiger partial charge on any atom is 0.338 e. The van der Waals surface area contributed by atoms with Crippen LogP contribution in [-0.4, -0.2) is 18.2 Å². The average Bonchev–Trinajstić information content (AvgIpc) is 3.06. The second-order valence-corrected chi connectivity index (χ2v) is 4.82. The first-order valence-corrected chi connectivity index (χ1v) is 6.03. The van der Waals surface area contributed by atoms with Gasteiger partial charge in [-0.25, -0.2) is 4.79 Å². The van der Waals surface area contributed by atoms with E-state index in [-0.39, 0.29) is 18.2 Å². The molecule has 0 bridgehead atoms. The highest BCUT2D eigenvalue weighted by Gasteiger charge is 2.46. The van der Waals surface area contributed by atoms with Gasteiger partial charge in [-0.05, 0) is 17.9 Å². The highest BCUT2D eigenvalue weighted by molar-refractivity contribution is 5.77. The summed E-state index contributed by atoms with van der Waals surface area (Å²) in [5, 5.41) is 0. The molecule has 3 heteroatoms. The van der Waals surface area contributed by atoms with Crippen LogP contribution in [0.3, 0.4) is 0 Å². The molecule has 0 aromatic heterocycles. The monoisotopic (exact) mass is 234 g/mol. The van der Waals surface area contributed by atoms with Crippen molar-refractivity contribution in [3.8, 4) is 0 Å². The van der Waals surface area contributed by atoms with Crippen molar-refractivity contribution in [2.24, 2.45) is 5.92 Å². The third-order valence-corrected chi connectivity index (χ3v) is 2.74. The van der Waals surface area contributed by atoms with E-state index in [0.29, 0.717) is 12.5 Å². The molecule has 1 heterocycles. The van der Waals surface area contributed by atoms with Gasteiger partial charge in [-0.3, -0.25) is 0 Å². The maximum absolute atomic E-state index is 11.6. The van der Waals surface area contributed by atoms with Crippen molar-refractivity contribution in [1.29, 1.82) is 0 Å². The highest BCUT2D eigenvalue weighted by atomic mass is 16.6. The standard InChI is InChI=1S/C14H18O3/c1-10(2)8-12-13(17-12)14(15)16-9-11-6-4-3-5-7-11/h3-7,10,12-13H,8-9H2,1-2H3/t12-,13-/m1/s1. The lowest BCUT2D eigenvalue weighted by atomic mass is 10.1. The largest absolute Gasteiger partial charge is 0.459 e. The lowest BCUT2D eigenvalue weighted by molar-refractivity contribution is -0.146. The fourth-order valence-electron chi connectivity index (χ4n) is 1.80. The summed E-state index contributed by atoms with van der Waals surface area (Å²) < 4.78 is 10.5. The molecule has 1 aliphatic heterocycles. The van der Waals surface area contributed by atoms with Gasteiger partial charge in [0.2, 0.25) is 0 Å². The maximum atomic E-state index is 11.6. The van der Waals surface area contributed by atoms with E-state index in [0.717, 1.165) is 12.0 Å². The second-order valence-electron chi connectivity index (χ2n) is 4.82. The molecule has 1 saturated heterocycles. The number of carbonyl (C=O) groups is 1. The van der Waals surface area contributed by atoms with Gasteiger partial charge in [-0.1, -0.05) is 44.2 Å². The molecule has 92 valence electrons. The van der Waals surface area contributed by atoms with Crippen molar-refractivity contribution in [3.63, 3.8) is 0 Å². The molecule has 3 nitrogen and oxygen atoms in total. The minimum Gasteiger partial charge on any atom is -0.459 e. The summed E-state index contributed by atoms with van der Waals surface area (Å²) in [5.41, 5.74) is 1.00. The van der Waals surface area contributed by atoms with Crippen LogP contribution in [0, 0.1) is 5.92 Å². The average molecular weight is 234 g/mol. The molecule has 1 aliphatic rings. The lowest BCUT2D eigenvalue weighted by Gasteiger charge is -2.03. The molecule has 1 aromatic rings. The minimum atomic E-state index is -0.332. The normalized spacial score (nSPS) is 22.5.